The molecule has 1 aromatic heterocycles. The molecule has 2 heterocycles. The van der Waals surface area contributed by atoms with E-state index < -0.39 is 10.6 Å². The van der Waals surface area contributed by atoms with Crippen molar-refractivity contribution in [2.45, 2.75) is 12.6 Å². The summed E-state index contributed by atoms with van der Waals surface area (Å²) in [7, 11) is 0. The molecule has 1 aliphatic rings. The summed E-state index contributed by atoms with van der Waals surface area (Å²) in [5.74, 6) is 0.152. The zero-order valence-electron chi connectivity index (χ0n) is 14.9. The van der Waals surface area contributed by atoms with Gasteiger partial charge in [0, 0.05) is 23.4 Å². The number of non-ortho nitro benzene ring substituents is 1. The van der Waals surface area contributed by atoms with Crippen LogP contribution in [0.25, 0.3) is 0 Å². The third-order valence-corrected chi connectivity index (χ3v) is 4.61. The molecule has 28 heavy (non-hydrogen) atoms. The predicted octanol–water partition coefficient (Wildman–Crippen LogP) is 3.96. The number of hydrazone groups is 1. The Morgan fingerprint density at radius 2 is 2.00 bits per heavy atom. The maximum absolute atomic E-state index is 13.2. The smallest absolute Gasteiger partial charge is 0.278 e. The molecule has 1 aliphatic heterocycles. The van der Waals surface area contributed by atoms with E-state index in [4.69, 9.17) is 4.42 Å². The second-order valence-electron chi connectivity index (χ2n) is 6.43. The Bertz CT molecular complexity index is 1080. The summed E-state index contributed by atoms with van der Waals surface area (Å²) in [4.78, 5) is 23.9. The molecule has 0 radical (unpaired) electrons. The van der Waals surface area contributed by atoms with Crippen LogP contribution >= 0.6 is 0 Å². The molecule has 1 amide bonds. The summed E-state index contributed by atoms with van der Waals surface area (Å²) >= 11 is 0. The van der Waals surface area contributed by atoms with E-state index in [-0.39, 0.29) is 11.6 Å². The first-order chi connectivity index (χ1) is 13.5. The quantitative estimate of drug-likeness (QED) is 0.422. The molecule has 0 saturated carbocycles. The largest absolute Gasteiger partial charge is 0.463 e. The first-order valence-corrected chi connectivity index (χ1v) is 8.53. The number of carbonyl (C=O) groups excluding carboxylic acids is 1. The van der Waals surface area contributed by atoms with Crippen molar-refractivity contribution in [3.05, 3.63) is 93.9 Å². The van der Waals surface area contributed by atoms with E-state index in [9.17, 15) is 14.9 Å². The highest BCUT2D eigenvalue weighted by Gasteiger charge is 2.43. The minimum Gasteiger partial charge on any atom is -0.463 e. The number of rotatable bonds is 4. The van der Waals surface area contributed by atoms with Gasteiger partial charge in [-0.3, -0.25) is 14.9 Å². The number of nitrogens with one attached hydrogen (secondary N) is 1. The SMILES string of the molecule is C[C@@]1(c2cccc([N+](=O)[O-])c2)Nc2ccccc2C(=O)N1/N=C\c1ccco1. The van der Waals surface area contributed by atoms with Crippen molar-refractivity contribution < 1.29 is 14.1 Å². The lowest BCUT2D eigenvalue weighted by atomic mass is 9.95. The molecular weight excluding hydrogens is 360 g/mol. The van der Waals surface area contributed by atoms with Gasteiger partial charge in [-0.05, 0) is 31.2 Å². The number of fused-ring (bicyclic) bond motifs is 1. The van der Waals surface area contributed by atoms with Crippen LogP contribution < -0.4 is 5.32 Å². The van der Waals surface area contributed by atoms with Crippen LogP contribution in [-0.2, 0) is 5.66 Å². The second kappa shape index (κ2) is 6.66. The van der Waals surface area contributed by atoms with E-state index in [2.05, 4.69) is 10.4 Å². The normalized spacial score (nSPS) is 18.8. The van der Waals surface area contributed by atoms with Gasteiger partial charge in [0.15, 0.2) is 5.66 Å². The second-order valence-corrected chi connectivity index (χ2v) is 6.43. The molecule has 0 bridgehead atoms. The molecule has 8 nitrogen and oxygen atoms in total. The number of para-hydroxylation sites is 1. The number of hydrogen-bond acceptors (Lipinski definition) is 6. The molecule has 0 unspecified atom stereocenters. The van der Waals surface area contributed by atoms with Gasteiger partial charge in [0.2, 0.25) is 0 Å². The van der Waals surface area contributed by atoms with Crippen molar-refractivity contribution in [2.24, 2.45) is 5.10 Å². The third-order valence-electron chi connectivity index (χ3n) is 4.61. The molecule has 1 N–H and O–H groups in total. The summed E-state index contributed by atoms with van der Waals surface area (Å²) in [6.45, 7) is 1.75. The van der Waals surface area contributed by atoms with Gasteiger partial charge in [0.1, 0.15) is 5.76 Å². The summed E-state index contributed by atoms with van der Waals surface area (Å²) in [6.07, 6.45) is 2.94. The highest BCUT2D eigenvalue weighted by Crippen LogP contribution is 2.38. The Morgan fingerprint density at radius 1 is 1.18 bits per heavy atom. The van der Waals surface area contributed by atoms with Gasteiger partial charge in [0.25, 0.3) is 11.6 Å². The van der Waals surface area contributed by atoms with E-state index in [1.54, 1.807) is 49.4 Å². The van der Waals surface area contributed by atoms with Gasteiger partial charge in [-0.2, -0.15) is 10.1 Å². The van der Waals surface area contributed by atoms with E-state index in [1.807, 2.05) is 6.07 Å². The predicted molar refractivity (Wildman–Crippen MR) is 103 cm³/mol. The fourth-order valence-electron chi connectivity index (χ4n) is 3.17. The van der Waals surface area contributed by atoms with Crippen LogP contribution in [-0.4, -0.2) is 22.1 Å². The van der Waals surface area contributed by atoms with Gasteiger partial charge in [-0.15, -0.1) is 0 Å². The molecule has 8 heteroatoms. The number of anilines is 1. The Hall–Kier alpha value is -3.94. The van der Waals surface area contributed by atoms with Crippen molar-refractivity contribution in [3.63, 3.8) is 0 Å². The Kier molecular flexibility index (Phi) is 4.15. The fourth-order valence-corrected chi connectivity index (χ4v) is 3.17. The van der Waals surface area contributed by atoms with Crippen molar-refractivity contribution in [2.75, 3.05) is 5.32 Å². The highest BCUT2D eigenvalue weighted by molar-refractivity contribution is 6.02. The van der Waals surface area contributed by atoms with Gasteiger partial charge in [-0.1, -0.05) is 24.3 Å². The molecule has 140 valence electrons. The monoisotopic (exact) mass is 376 g/mol. The molecule has 1 atom stereocenters. The van der Waals surface area contributed by atoms with E-state index in [1.165, 1.54) is 29.6 Å². The number of carbonyl (C=O) groups is 1. The average Bonchev–Trinajstić information content (AvgIpc) is 3.21. The number of nitrogens with zero attached hydrogens (tertiary/aromatic N) is 3. The number of hydrogen-bond donors (Lipinski definition) is 1. The zero-order valence-corrected chi connectivity index (χ0v) is 14.9. The van der Waals surface area contributed by atoms with Crippen LogP contribution in [0.1, 0.15) is 28.6 Å². The average molecular weight is 376 g/mol. The van der Waals surface area contributed by atoms with Gasteiger partial charge >= 0.3 is 0 Å². The molecule has 0 fully saturated rings. The Balaban J connectivity index is 1.85. The standard InChI is InChI=1S/C20H16N4O4/c1-20(14-6-4-7-15(12-14)24(26)27)22-18-10-3-2-9-17(18)19(25)23(20)21-13-16-8-5-11-28-16/h2-13,22H,1H3/b21-13-/t20-/m1/s1. The summed E-state index contributed by atoms with van der Waals surface area (Å²) in [5.41, 5.74) is 0.413. The molecule has 0 saturated heterocycles. The first kappa shape index (κ1) is 17.5. The van der Waals surface area contributed by atoms with Gasteiger partial charge in [-0.25, -0.2) is 0 Å². The van der Waals surface area contributed by atoms with Crippen LogP contribution in [0, 0.1) is 10.1 Å². The number of benzene rings is 2. The molecule has 4 rings (SSSR count). The van der Waals surface area contributed by atoms with Crippen molar-refractivity contribution in [1.29, 1.82) is 0 Å². The topological polar surface area (TPSA) is 101 Å². The lowest BCUT2D eigenvalue weighted by Crippen LogP contribution is -2.53. The third kappa shape index (κ3) is 2.90. The summed E-state index contributed by atoms with van der Waals surface area (Å²) in [6, 6.07) is 16.6. The molecule has 3 aromatic rings. The van der Waals surface area contributed by atoms with Gasteiger partial charge in [0.05, 0.1) is 23.0 Å². The lowest BCUT2D eigenvalue weighted by molar-refractivity contribution is -0.385. The maximum Gasteiger partial charge on any atom is 0.278 e. The summed E-state index contributed by atoms with van der Waals surface area (Å²) < 4.78 is 5.26. The van der Waals surface area contributed by atoms with Crippen LogP contribution in [0.3, 0.4) is 0 Å². The number of nitro benzene ring substituents is 1. The molecule has 0 aliphatic carbocycles. The minimum absolute atomic E-state index is 0.0678. The van der Waals surface area contributed by atoms with Crippen molar-refractivity contribution in [3.8, 4) is 0 Å². The fraction of sp³-hybridized carbons (Fsp3) is 0.100. The van der Waals surface area contributed by atoms with Crippen molar-refractivity contribution in [1.82, 2.24) is 5.01 Å². The Labute approximate surface area is 160 Å². The highest BCUT2D eigenvalue weighted by atomic mass is 16.6. The van der Waals surface area contributed by atoms with Crippen LogP contribution in [0.4, 0.5) is 11.4 Å². The van der Waals surface area contributed by atoms with E-state index in [0.29, 0.717) is 22.6 Å². The number of amides is 1. The van der Waals surface area contributed by atoms with Gasteiger partial charge < -0.3 is 9.73 Å². The number of furan rings is 1. The molecule has 2 aromatic carbocycles. The lowest BCUT2D eigenvalue weighted by Gasteiger charge is -2.43. The zero-order chi connectivity index (χ0) is 19.7. The molecule has 0 spiro atoms. The first-order valence-electron chi connectivity index (χ1n) is 8.53. The molecular formula is C20H16N4O4. The minimum atomic E-state index is -1.14. The van der Waals surface area contributed by atoms with Crippen LogP contribution in [0.2, 0.25) is 0 Å². The Morgan fingerprint density at radius 3 is 2.75 bits per heavy atom. The van der Waals surface area contributed by atoms with E-state index in [0.717, 1.165) is 0 Å². The van der Waals surface area contributed by atoms with Crippen LogP contribution in [0.5, 0.6) is 0 Å². The van der Waals surface area contributed by atoms with Crippen molar-refractivity contribution >= 4 is 23.5 Å². The summed E-state index contributed by atoms with van der Waals surface area (Å²) in [5, 5.41) is 20.1. The van der Waals surface area contributed by atoms with E-state index >= 15 is 0 Å². The maximum atomic E-state index is 13.2. The van der Waals surface area contributed by atoms with Crippen LogP contribution in [0.15, 0.2) is 76.4 Å². The number of nitro groups is 1.